The smallest absolute Gasteiger partial charge is 0.272 e. The molecule has 1 aromatic carbocycles. The quantitative estimate of drug-likeness (QED) is 0.770. The molecule has 0 spiro atoms. The van der Waals surface area contributed by atoms with Gasteiger partial charge in [0.1, 0.15) is 5.69 Å². The molecule has 3 rings (SSSR count). The largest absolute Gasteiger partial charge is 0.354 e. The average molecular weight is 382 g/mol. The molecular weight excluding hydrogens is 350 g/mol. The Kier molecular flexibility index (Phi) is 5.75. The fourth-order valence-electron chi connectivity index (χ4n) is 4.11. The highest BCUT2D eigenvalue weighted by atomic mass is 16.2. The Bertz CT molecular complexity index is 891. The van der Waals surface area contributed by atoms with E-state index in [4.69, 9.17) is 0 Å². The lowest BCUT2D eigenvalue weighted by Crippen LogP contribution is -2.26. The van der Waals surface area contributed by atoms with Crippen molar-refractivity contribution in [3.63, 3.8) is 0 Å². The summed E-state index contributed by atoms with van der Waals surface area (Å²) in [5.41, 5.74) is 4.71. The number of amides is 1. The summed E-state index contributed by atoms with van der Waals surface area (Å²) >= 11 is 0. The van der Waals surface area contributed by atoms with E-state index in [-0.39, 0.29) is 17.1 Å². The third-order valence-electron chi connectivity index (χ3n) is 5.61. The molecule has 150 valence electrons. The van der Waals surface area contributed by atoms with Gasteiger partial charge in [0, 0.05) is 29.9 Å². The summed E-state index contributed by atoms with van der Waals surface area (Å²) in [7, 11) is 0. The summed E-state index contributed by atoms with van der Waals surface area (Å²) < 4.78 is 0. The van der Waals surface area contributed by atoms with Crippen LogP contribution in [0, 0.1) is 12.3 Å². The lowest BCUT2D eigenvalue weighted by Gasteiger charge is -2.28. The molecule has 0 bridgehead atoms. The normalized spacial score (nSPS) is 15.6. The first kappa shape index (κ1) is 20.3. The average Bonchev–Trinajstić information content (AvgIpc) is 2.95. The molecule has 0 saturated heterocycles. The molecule has 5 nitrogen and oxygen atoms in total. The van der Waals surface area contributed by atoms with E-state index in [9.17, 15) is 9.59 Å². The predicted octanol–water partition coefficient (Wildman–Crippen LogP) is 4.57. The lowest BCUT2D eigenvalue weighted by atomic mass is 9.75. The number of anilines is 1. The van der Waals surface area contributed by atoms with Crippen LogP contribution >= 0.6 is 0 Å². The second kappa shape index (κ2) is 7.92. The summed E-state index contributed by atoms with van der Waals surface area (Å²) in [6.07, 6.45) is 1.30. The van der Waals surface area contributed by atoms with Crippen molar-refractivity contribution in [1.82, 2.24) is 9.88 Å². The molecular formula is C23H31N3O2. The van der Waals surface area contributed by atoms with Gasteiger partial charge >= 0.3 is 0 Å². The molecule has 2 N–H and O–H groups in total. The molecule has 0 unspecified atom stereocenters. The molecule has 0 radical (unpaired) electrons. The fraction of sp³-hybridized carbons (Fsp3) is 0.478. The number of fused-ring (bicyclic) bond motifs is 1. The predicted molar refractivity (Wildman–Crippen MR) is 113 cm³/mol. The molecule has 1 amide bonds. The topological polar surface area (TPSA) is 65.2 Å². The third kappa shape index (κ3) is 4.20. The zero-order valence-electron chi connectivity index (χ0n) is 17.6. The minimum absolute atomic E-state index is 0.0755. The molecule has 0 aliphatic heterocycles. The van der Waals surface area contributed by atoms with Crippen LogP contribution in [0.3, 0.4) is 0 Å². The van der Waals surface area contributed by atoms with Crippen molar-refractivity contribution in [1.29, 1.82) is 0 Å². The highest BCUT2D eigenvalue weighted by Gasteiger charge is 2.35. The van der Waals surface area contributed by atoms with Gasteiger partial charge in [0.2, 0.25) is 0 Å². The van der Waals surface area contributed by atoms with Gasteiger partial charge in [-0.15, -0.1) is 0 Å². The van der Waals surface area contributed by atoms with E-state index in [1.807, 2.05) is 25.1 Å². The Morgan fingerprint density at radius 1 is 1.21 bits per heavy atom. The molecule has 1 aliphatic rings. The monoisotopic (exact) mass is 381 g/mol. The van der Waals surface area contributed by atoms with Gasteiger partial charge < -0.3 is 10.3 Å². The zero-order valence-corrected chi connectivity index (χ0v) is 17.6. The van der Waals surface area contributed by atoms with Gasteiger partial charge in [-0.05, 0) is 55.1 Å². The number of ketones is 1. The van der Waals surface area contributed by atoms with E-state index >= 15 is 0 Å². The van der Waals surface area contributed by atoms with Crippen LogP contribution in [-0.2, 0) is 13.0 Å². The van der Waals surface area contributed by atoms with Crippen molar-refractivity contribution in [2.45, 2.75) is 54.0 Å². The van der Waals surface area contributed by atoms with E-state index in [0.29, 0.717) is 17.7 Å². The van der Waals surface area contributed by atoms with Crippen LogP contribution in [0.1, 0.15) is 71.8 Å². The number of carbonyl (C=O) groups excluding carboxylic acids is 2. The molecule has 28 heavy (non-hydrogen) atoms. The van der Waals surface area contributed by atoms with Gasteiger partial charge in [0.05, 0.1) is 0 Å². The fourth-order valence-corrected chi connectivity index (χ4v) is 4.11. The third-order valence-corrected chi connectivity index (χ3v) is 5.61. The highest BCUT2D eigenvalue weighted by Crippen LogP contribution is 2.36. The Balaban J connectivity index is 1.80. The van der Waals surface area contributed by atoms with E-state index in [2.05, 4.69) is 49.0 Å². The number of carbonyl (C=O) groups is 2. The van der Waals surface area contributed by atoms with Crippen LogP contribution in [-0.4, -0.2) is 34.7 Å². The zero-order chi connectivity index (χ0) is 20.5. The van der Waals surface area contributed by atoms with Crippen molar-refractivity contribution in [2.75, 3.05) is 18.4 Å². The summed E-state index contributed by atoms with van der Waals surface area (Å²) in [5.74, 6) is -0.0715. The van der Waals surface area contributed by atoms with Gasteiger partial charge in [-0.25, -0.2) is 0 Å². The van der Waals surface area contributed by atoms with Crippen LogP contribution in [0.25, 0.3) is 0 Å². The highest BCUT2D eigenvalue weighted by molar-refractivity contribution is 6.08. The Morgan fingerprint density at radius 2 is 1.93 bits per heavy atom. The molecule has 1 aliphatic carbocycles. The van der Waals surface area contributed by atoms with Crippen molar-refractivity contribution in [3.05, 3.63) is 52.3 Å². The Labute approximate surface area is 167 Å². The number of nitrogens with zero attached hydrogens (tertiary/aromatic N) is 1. The molecule has 2 aromatic rings. The summed E-state index contributed by atoms with van der Waals surface area (Å²) in [6, 6.07) is 7.96. The number of Topliss-reactive ketones (excluding diaryl/α,β-unsaturated/α-hetero) is 1. The standard InChI is InChI=1S/C23H31N3O2/c1-6-26(7-2)14-16-9-8-10-17(11-16)24-22(28)21-15(3)20-18(25-21)12-23(4,5)13-19(20)27/h8-11,25H,6-7,12-14H2,1-5H3,(H,24,28). The van der Waals surface area contributed by atoms with Gasteiger partial charge in [-0.3, -0.25) is 14.5 Å². The van der Waals surface area contributed by atoms with Crippen molar-refractivity contribution in [2.24, 2.45) is 5.41 Å². The van der Waals surface area contributed by atoms with Gasteiger partial charge in [-0.2, -0.15) is 0 Å². The number of nitrogens with one attached hydrogen (secondary N) is 2. The number of aromatic nitrogens is 1. The second-order valence-electron chi connectivity index (χ2n) is 8.54. The van der Waals surface area contributed by atoms with Crippen LogP contribution in [0.15, 0.2) is 24.3 Å². The summed E-state index contributed by atoms with van der Waals surface area (Å²) in [5, 5.41) is 2.99. The lowest BCUT2D eigenvalue weighted by molar-refractivity contribution is 0.0910. The van der Waals surface area contributed by atoms with Crippen molar-refractivity contribution < 1.29 is 9.59 Å². The van der Waals surface area contributed by atoms with E-state index in [1.54, 1.807) is 0 Å². The first-order valence-corrected chi connectivity index (χ1v) is 10.1. The number of H-pyrrole nitrogens is 1. The minimum Gasteiger partial charge on any atom is -0.354 e. The van der Waals surface area contributed by atoms with Gasteiger partial charge in [-0.1, -0.05) is 39.8 Å². The van der Waals surface area contributed by atoms with E-state index < -0.39 is 0 Å². The maximum atomic E-state index is 12.9. The first-order chi connectivity index (χ1) is 13.2. The number of benzene rings is 1. The maximum absolute atomic E-state index is 12.9. The van der Waals surface area contributed by atoms with Gasteiger partial charge in [0.25, 0.3) is 5.91 Å². The summed E-state index contributed by atoms with van der Waals surface area (Å²) in [4.78, 5) is 31.0. The molecule has 1 heterocycles. The minimum atomic E-state index is -0.197. The maximum Gasteiger partial charge on any atom is 0.272 e. The molecule has 5 heteroatoms. The second-order valence-corrected chi connectivity index (χ2v) is 8.54. The molecule has 1 aromatic heterocycles. The number of rotatable bonds is 6. The van der Waals surface area contributed by atoms with Crippen molar-refractivity contribution >= 4 is 17.4 Å². The van der Waals surface area contributed by atoms with Crippen LogP contribution in [0.5, 0.6) is 0 Å². The van der Waals surface area contributed by atoms with Crippen LogP contribution in [0.4, 0.5) is 5.69 Å². The van der Waals surface area contributed by atoms with Crippen LogP contribution < -0.4 is 5.32 Å². The SMILES string of the molecule is CCN(CC)Cc1cccc(NC(=O)c2[nH]c3c(c2C)C(=O)CC(C)(C)C3)c1. The first-order valence-electron chi connectivity index (χ1n) is 10.1. The molecule has 0 atom stereocenters. The van der Waals surface area contributed by atoms with Crippen molar-refractivity contribution in [3.8, 4) is 0 Å². The summed E-state index contributed by atoms with van der Waals surface area (Å²) in [6.45, 7) is 13.2. The Hall–Kier alpha value is -2.40. The van der Waals surface area contributed by atoms with E-state index in [1.165, 1.54) is 5.56 Å². The number of aromatic amines is 1. The number of hydrogen-bond donors (Lipinski definition) is 2. The van der Waals surface area contributed by atoms with E-state index in [0.717, 1.165) is 43.0 Å². The molecule has 0 saturated carbocycles. The van der Waals surface area contributed by atoms with Gasteiger partial charge in [0.15, 0.2) is 5.78 Å². The Morgan fingerprint density at radius 3 is 2.61 bits per heavy atom. The molecule has 0 fully saturated rings. The number of hydrogen-bond acceptors (Lipinski definition) is 3. The van der Waals surface area contributed by atoms with Crippen LogP contribution in [0.2, 0.25) is 0 Å².